The third-order valence-electron chi connectivity index (χ3n) is 3.47. The van der Waals surface area contributed by atoms with Crippen LogP contribution in [0.3, 0.4) is 0 Å². The van der Waals surface area contributed by atoms with Crippen LogP contribution in [0.4, 0.5) is 5.82 Å². The smallest absolute Gasteiger partial charge is 0.129 e. The van der Waals surface area contributed by atoms with Crippen molar-refractivity contribution in [3.63, 3.8) is 0 Å². The molecule has 1 saturated heterocycles. The second kappa shape index (κ2) is 3.19. The largest absolute Gasteiger partial charge is 0.386 e. The molecule has 1 aromatic rings. The lowest BCUT2D eigenvalue weighted by Gasteiger charge is -2.47. The summed E-state index contributed by atoms with van der Waals surface area (Å²) in [4.78, 5) is 6.25. The second-order valence-corrected chi connectivity index (χ2v) is 4.75. The molecule has 0 unspecified atom stereocenters. The van der Waals surface area contributed by atoms with Crippen LogP contribution in [0.15, 0.2) is 18.3 Å². The molecule has 3 rings (SSSR count). The normalized spacial score (nSPS) is 22.4. The molecule has 82 valence electrons. The maximum atomic E-state index is 10.2. The zero-order valence-corrected chi connectivity index (χ0v) is 8.93. The van der Waals surface area contributed by atoms with Gasteiger partial charge in [-0.05, 0) is 30.9 Å². The Hall–Kier alpha value is -1.60. The molecule has 0 atom stereocenters. The Morgan fingerprint density at radius 2 is 2.25 bits per heavy atom. The van der Waals surface area contributed by atoms with E-state index in [1.807, 2.05) is 4.90 Å². The third kappa shape index (κ3) is 1.44. The average molecular weight is 215 g/mol. The predicted octanol–water partition coefficient (Wildman–Crippen LogP) is 0.914. The van der Waals surface area contributed by atoms with Crippen molar-refractivity contribution in [2.75, 3.05) is 18.0 Å². The molecule has 4 heteroatoms. The molecule has 4 nitrogen and oxygen atoms in total. The fourth-order valence-corrected chi connectivity index (χ4v) is 2.32. The zero-order chi connectivity index (χ0) is 11.2. The summed E-state index contributed by atoms with van der Waals surface area (Å²) in [7, 11) is 0. The third-order valence-corrected chi connectivity index (χ3v) is 3.47. The summed E-state index contributed by atoms with van der Waals surface area (Å²) in [5, 5.41) is 19.0. The topological polar surface area (TPSA) is 60.2 Å². The van der Waals surface area contributed by atoms with E-state index in [0.717, 1.165) is 18.7 Å². The average Bonchev–Trinajstić information content (AvgIpc) is 3.09. The molecule has 1 aromatic heterocycles. The van der Waals surface area contributed by atoms with Crippen molar-refractivity contribution < 1.29 is 5.11 Å². The Bertz CT molecular complexity index is 456. The Balaban J connectivity index is 1.73. The van der Waals surface area contributed by atoms with E-state index in [1.165, 1.54) is 0 Å². The van der Waals surface area contributed by atoms with Gasteiger partial charge in [-0.25, -0.2) is 4.98 Å². The van der Waals surface area contributed by atoms with Gasteiger partial charge in [0.25, 0.3) is 0 Å². The van der Waals surface area contributed by atoms with Crippen molar-refractivity contribution in [1.82, 2.24) is 4.98 Å². The highest BCUT2D eigenvalue weighted by Crippen LogP contribution is 2.45. The summed E-state index contributed by atoms with van der Waals surface area (Å²) >= 11 is 0. The number of pyridine rings is 1. The molecule has 0 spiro atoms. The molecular formula is C12H13N3O. The summed E-state index contributed by atoms with van der Waals surface area (Å²) < 4.78 is 0. The Kier molecular flexibility index (Phi) is 1.92. The van der Waals surface area contributed by atoms with Gasteiger partial charge in [-0.1, -0.05) is 0 Å². The van der Waals surface area contributed by atoms with E-state index in [1.54, 1.807) is 18.3 Å². The highest BCUT2D eigenvalue weighted by molar-refractivity contribution is 5.48. The van der Waals surface area contributed by atoms with Crippen LogP contribution in [0.2, 0.25) is 0 Å². The first kappa shape index (κ1) is 9.61. The van der Waals surface area contributed by atoms with Crippen LogP contribution in [-0.2, 0) is 0 Å². The molecule has 16 heavy (non-hydrogen) atoms. The fraction of sp³-hybridized carbons (Fsp3) is 0.500. The molecule has 1 aliphatic heterocycles. The molecule has 2 heterocycles. The van der Waals surface area contributed by atoms with Crippen LogP contribution < -0.4 is 4.90 Å². The van der Waals surface area contributed by atoms with Crippen LogP contribution in [0.25, 0.3) is 0 Å². The summed E-state index contributed by atoms with van der Waals surface area (Å²) in [5.41, 5.74) is 0.122. The van der Waals surface area contributed by atoms with Crippen LogP contribution in [0, 0.1) is 17.2 Å². The van der Waals surface area contributed by atoms with Gasteiger partial charge < -0.3 is 10.0 Å². The van der Waals surface area contributed by atoms with E-state index in [4.69, 9.17) is 5.26 Å². The van der Waals surface area contributed by atoms with E-state index in [2.05, 4.69) is 11.1 Å². The maximum Gasteiger partial charge on any atom is 0.129 e. The number of anilines is 1. The number of hydrogen-bond donors (Lipinski definition) is 1. The highest BCUT2D eigenvalue weighted by atomic mass is 16.3. The standard InChI is InChI=1S/C12H13N3O/c13-6-9-3-4-14-11(5-9)15-7-12(16,8-15)10-1-2-10/h3-5,10,16H,1-2,7-8H2. The van der Waals surface area contributed by atoms with Gasteiger partial charge in [-0.15, -0.1) is 0 Å². The number of nitriles is 1. The molecule has 1 saturated carbocycles. The lowest BCUT2D eigenvalue weighted by atomic mass is 9.89. The summed E-state index contributed by atoms with van der Waals surface area (Å²) in [6.45, 7) is 1.30. The lowest BCUT2D eigenvalue weighted by molar-refractivity contribution is -0.00974. The number of aromatic nitrogens is 1. The van der Waals surface area contributed by atoms with Crippen molar-refractivity contribution in [3.8, 4) is 6.07 Å². The number of nitrogens with zero attached hydrogens (tertiary/aromatic N) is 3. The van der Waals surface area contributed by atoms with Crippen LogP contribution in [0.5, 0.6) is 0 Å². The summed E-state index contributed by atoms with van der Waals surface area (Å²) in [6, 6.07) is 5.56. The number of β-amino-alcohol motifs (C(OH)–C–C–N with tert-alkyl or cyclic N) is 1. The van der Waals surface area contributed by atoms with Crippen molar-refractivity contribution in [2.45, 2.75) is 18.4 Å². The van der Waals surface area contributed by atoms with Crippen LogP contribution >= 0.6 is 0 Å². The molecular weight excluding hydrogens is 202 g/mol. The van der Waals surface area contributed by atoms with Gasteiger partial charge in [0, 0.05) is 6.20 Å². The minimum atomic E-state index is -0.496. The van der Waals surface area contributed by atoms with Crippen molar-refractivity contribution >= 4 is 5.82 Å². The van der Waals surface area contributed by atoms with E-state index < -0.39 is 5.60 Å². The molecule has 0 bridgehead atoms. The monoisotopic (exact) mass is 215 g/mol. The second-order valence-electron chi connectivity index (χ2n) is 4.75. The van der Waals surface area contributed by atoms with E-state index in [-0.39, 0.29) is 0 Å². The van der Waals surface area contributed by atoms with Gasteiger partial charge in [0.15, 0.2) is 0 Å². The molecule has 2 fully saturated rings. The zero-order valence-electron chi connectivity index (χ0n) is 8.93. The first-order chi connectivity index (χ1) is 7.71. The Morgan fingerprint density at radius 3 is 2.88 bits per heavy atom. The molecule has 0 radical (unpaired) electrons. The molecule has 1 aliphatic carbocycles. The first-order valence-corrected chi connectivity index (χ1v) is 5.55. The first-order valence-electron chi connectivity index (χ1n) is 5.55. The van der Waals surface area contributed by atoms with Crippen molar-refractivity contribution in [3.05, 3.63) is 23.9 Å². The van der Waals surface area contributed by atoms with Crippen LogP contribution in [-0.4, -0.2) is 28.8 Å². The van der Waals surface area contributed by atoms with Crippen molar-refractivity contribution in [1.29, 1.82) is 5.26 Å². The minimum absolute atomic E-state index is 0.489. The number of aliphatic hydroxyl groups is 1. The Labute approximate surface area is 94.1 Å². The molecule has 2 aliphatic rings. The Morgan fingerprint density at radius 1 is 1.50 bits per heavy atom. The van der Waals surface area contributed by atoms with Gasteiger partial charge in [-0.2, -0.15) is 5.26 Å². The van der Waals surface area contributed by atoms with Gasteiger partial charge in [-0.3, -0.25) is 0 Å². The minimum Gasteiger partial charge on any atom is -0.386 e. The van der Waals surface area contributed by atoms with Gasteiger partial charge in [0.2, 0.25) is 0 Å². The number of rotatable bonds is 2. The van der Waals surface area contributed by atoms with Gasteiger partial charge in [0.1, 0.15) is 11.4 Å². The molecule has 0 aromatic carbocycles. The van der Waals surface area contributed by atoms with E-state index >= 15 is 0 Å². The summed E-state index contributed by atoms with van der Waals surface area (Å²) in [6.07, 6.45) is 3.94. The van der Waals surface area contributed by atoms with Crippen molar-refractivity contribution in [2.24, 2.45) is 5.92 Å². The molecule has 0 amide bonds. The molecule has 1 N–H and O–H groups in total. The quantitative estimate of drug-likeness (QED) is 0.796. The highest BCUT2D eigenvalue weighted by Gasteiger charge is 2.52. The SMILES string of the molecule is N#Cc1ccnc(N2CC(O)(C3CC3)C2)c1. The lowest BCUT2D eigenvalue weighted by Crippen LogP contribution is -2.63. The number of hydrogen-bond acceptors (Lipinski definition) is 4. The maximum absolute atomic E-state index is 10.2. The van der Waals surface area contributed by atoms with Crippen LogP contribution in [0.1, 0.15) is 18.4 Å². The summed E-state index contributed by atoms with van der Waals surface area (Å²) in [5.74, 6) is 1.28. The fourth-order valence-electron chi connectivity index (χ4n) is 2.32. The predicted molar refractivity (Wildman–Crippen MR) is 58.8 cm³/mol. The van der Waals surface area contributed by atoms with Gasteiger partial charge >= 0.3 is 0 Å². The van der Waals surface area contributed by atoms with Gasteiger partial charge in [0.05, 0.1) is 24.7 Å². The van der Waals surface area contributed by atoms with E-state index in [9.17, 15) is 5.11 Å². The van der Waals surface area contributed by atoms with E-state index in [0.29, 0.717) is 24.6 Å².